The molecule has 2 rings (SSSR count). The van der Waals surface area contributed by atoms with Crippen LogP contribution in [-0.4, -0.2) is 52.2 Å². The highest BCUT2D eigenvalue weighted by atomic mass is 31.2. The SMILES string of the molecule is CC(C)[C@H](N)C(=O)N[C@@H](Cc1ccccc1)C(=O)CC[C@@H](O)CP(=O)(O)CC1CCCCC1. The van der Waals surface area contributed by atoms with E-state index in [1.54, 1.807) is 0 Å². The van der Waals surface area contributed by atoms with E-state index in [0.29, 0.717) is 6.42 Å². The van der Waals surface area contributed by atoms with Crippen molar-refractivity contribution in [1.29, 1.82) is 0 Å². The molecule has 1 aliphatic rings. The highest BCUT2D eigenvalue weighted by Gasteiger charge is 2.30. The van der Waals surface area contributed by atoms with Crippen molar-refractivity contribution < 1.29 is 24.2 Å². The van der Waals surface area contributed by atoms with E-state index in [9.17, 15) is 24.2 Å². The molecule has 0 aliphatic heterocycles. The lowest BCUT2D eigenvalue weighted by Gasteiger charge is -2.25. The van der Waals surface area contributed by atoms with Crippen molar-refractivity contribution in [1.82, 2.24) is 5.32 Å². The molecule has 0 saturated heterocycles. The minimum atomic E-state index is -3.45. The summed E-state index contributed by atoms with van der Waals surface area (Å²) in [6.45, 7) is 3.68. The third-order valence-electron chi connectivity index (χ3n) is 6.50. The van der Waals surface area contributed by atoms with Crippen molar-refractivity contribution >= 4 is 19.1 Å². The van der Waals surface area contributed by atoms with Crippen molar-refractivity contribution in [3.8, 4) is 0 Å². The normalized spacial score (nSPS) is 19.5. The van der Waals surface area contributed by atoms with E-state index in [-0.39, 0.29) is 48.7 Å². The Kier molecular flexibility index (Phi) is 11.2. The Morgan fingerprint density at radius 1 is 1.15 bits per heavy atom. The molecule has 0 heterocycles. The first kappa shape index (κ1) is 27.7. The van der Waals surface area contributed by atoms with E-state index < -0.39 is 25.6 Å². The van der Waals surface area contributed by atoms with Crippen molar-refractivity contribution in [3.63, 3.8) is 0 Å². The molecule has 5 N–H and O–H groups in total. The van der Waals surface area contributed by atoms with Gasteiger partial charge in [0.1, 0.15) is 0 Å². The first-order valence-corrected chi connectivity index (χ1v) is 14.2. The molecular formula is C25H41N2O5P. The van der Waals surface area contributed by atoms with Gasteiger partial charge in [0, 0.05) is 12.6 Å². The molecule has 186 valence electrons. The molecule has 1 unspecified atom stereocenters. The number of benzene rings is 1. The fraction of sp³-hybridized carbons (Fsp3) is 0.680. The summed E-state index contributed by atoms with van der Waals surface area (Å²) >= 11 is 0. The second kappa shape index (κ2) is 13.4. The van der Waals surface area contributed by atoms with E-state index in [1.165, 1.54) is 6.42 Å². The van der Waals surface area contributed by atoms with Crippen LogP contribution in [0.3, 0.4) is 0 Å². The molecule has 33 heavy (non-hydrogen) atoms. The Morgan fingerprint density at radius 2 is 1.79 bits per heavy atom. The number of hydrogen-bond acceptors (Lipinski definition) is 5. The van der Waals surface area contributed by atoms with Gasteiger partial charge in [0.15, 0.2) is 5.78 Å². The number of rotatable bonds is 13. The van der Waals surface area contributed by atoms with E-state index in [2.05, 4.69) is 5.32 Å². The number of nitrogens with one attached hydrogen (secondary N) is 1. The Labute approximate surface area is 198 Å². The van der Waals surface area contributed by atoms with Crippen LogP contribution >= 0.6 is 7.37 Å². The number of Topliss-reactive ketones (excluding diaryl/α,β-unsaturated/α-hetero) is 1. The molecule has 0 bridgehead atoms. The highest BCUT2D eigenvalue weighted by Crippen LogP contribution is 2.46. The first-order valence-electron chi connectivity index (χ1n) is 12.2. The van der Waals surface area contributed by atoms with Gasteiger partial charge < -0.3 is 21.1 Å². The molecule has 4 atom stereocenters. The summed E-state index contributed by atoms with van der Waals surface area (Å²) < 4.78 is 12.6. The van der Waals surface area contributed by atoms with E-state index in [0.717, 1.165) is 31.2 Å². The maximum absolute atomic E-state index is 13.0. The Bertz CT molecular complexity index is 795. The van der Waals surface area contributed by atoms with Gasteiger partial charge in [-0.2, -0.15) is 0 Å². The largest absolute Gasteiger partial charge is 0.393 e. The lowest BCUT2D eigenvalue weighted by Crippen LogP contribution is -2.51. The zero-order chi connectivity index (χ0) is 24.4. The van der Waals surface area contributed by atoms with E-state index in [4.69, 9.17) is 5.73 Å². The van der Waals surface area contributed by atoms with Gasteiger partial charge in [-0.1, -0.05) is 63.4 Å². The maximum atomic E-state index is 13.0. The minimum absolute atomic E-state index is 0.0132. The molecule has 0 aromatic heterocycles. The van der Waals surface area contributed by atoms with Gasteiger partial charge in [-0.3, -0.25) is 14.2 Å². The summed E-state index contributed by atoms with van der Waals surface area (Å²) in [6, 6.07) is 7.90. The Hall–Kier alpha value is -1.53. The Balaban J connectivity index is 1.93. The average Bonchev–Trinajstić information content (AvgIpc) is 2.77. The number of carbonyl (C=O) groups excluding carboxylic acids is 2. The van der Waals surface area contributed by atoms with E-state index in [1.807, 2.05) is 44.2 Å². The molecule has 1 aliphatic carbocycles. The van der Waals surface area contributed by atoms with Gasteiger partial charge in [-0.25, -0.2) is 0 Å². The van der Waals surface area contributed by atoms with Gasteiger partial charge in [-0.05, 0) is 43.1 Å². The fourth-order valence-electron chi connectivity index (χ4n) is 4.42. The standard InChI is InChI=1S/C25H41N2O5P/c1-18(2)24(26)25(30)27-22(15-19-9-5-3-6-10-19)23(29)14-13-21(28)17-33(31,32)16-20-11-7-4-8-12-20/h3,5-6,9-10,18,20-22,24,28H,4,7-8,11-17,26H2,1-2H3,(H,27,30)(H,31,32)/t21-,22+,24+/m1/s1. The predicted molar refractivity (Wildman–Crippen MR) is 131 cm³/mol. The number of hydrogen-bond donors (Lipinski definition) is 4. The fourth-order valence-corrected chi connectivity index (χ4v) is 6.58. The third-order valence-corrected chi connectivity index (χ3v) is 8.58. The van der Waals surface area contributed by atoms with Crippen LogP contribution in [0.5, 0.6) is 0 Å². The molecule has 1 aromatic carbocycles. The van der Waals surface area contributed by atoms with Crippen LogP contribution in [0, 0.1) is 11.8 Å². The smallest absolute Gasteiger partial charge is 0.237 e. The zero-order valence-corrected chi connectivity index (χ0v) is 20.9. The lowest BCUT2D eigenvalue weighted by molar-refractivity contribution is -0.129. The number of amides is 1. The first-order chi connectivity index (χ1) is 15.6. The van der Waals surface area contributed by atoms with Crippen LogP contribution in [0.15, 0.2) is 30.3 Å². The number of aliphatic hydroxyl groups excluding tert-OH is 1. The summed E-state index contributed by atoms with van der Waals surface area (Å²) in [6.07, 6.45) is 4.77. The molecule has 1 amide bonds. The number of ketones is 1. The Morgan fingerprint density at radius 3 is 2.39 bits per heavy atom. The van der Waals surface area contributed by atoms with Gasteiger partial charge in [0.25, 0.3) is 0 Å². The van der Waals surface area contributed by atoms with Crippen molar-refractivity contribution in [2.75, 3.05) is 12.3 Å². The molecule has 7 nitrogen and oxygen atoms in total. The molecule has 1 saturated carbocycles. The molecule has 0 radical (unpaired) electrons. The second-order valence-electron chi connectivity index (χ2n) is 9.89. The zero-order valence-electron chi connectivity index (χ0n) is 20.0. The number of carbonyl (C=O) groups is 2. The summed E-state index contributed by atoms with van der Waals surface area (Å²) in [7, 11) is -3.45. The monoisotopic (exact) mass is 480 g/mol. The molecular weight excluding hydrogens is 439 g/mol. The van der Waals surface area contributed by atoms with Crippen molar-refractivity contribution in [3.05, 3.63) is 35.9 Å². The van der Waals surface area contributed by atoms with Gasteiger partial charge >= 0.3 is 0 Å². The van der Waals surface area contributed by atoms with Crippen LogP contribution in [0.1, 0.15) is 64.4 Å². The summed E-state index contributed by atoms with van der Waals surface area (Å²) in [5, 5.41) is 13.2. The molecule has 1 fully saturated rings. The highest BCUT2D eigenvalue weighted by molar-refractivity contribution is 7.58. The van der Waals surface area contributed by atoms with Crippen LogP contribution in [-0.2, 0) is 20.6 Å². The topological polar surface area (TPSA) is 130 Å². The van der Waals surface area contributed by atoms with Crippen molar-refractivity contribution in [2.24, 2.45) is 17.6 Å². The predicted octanol–water partition coefficient (Wildman–Crippen LogP) is 3.26. The molecule has 8 heteroatoms. The van der Waals surface area contributed by atoms with Crippen LogP contribution < -0.4 is 11.1 Å². The average molecular weight is 481 g/mol. The van der Waals surface area contributed by atoms with Gasteiger partial charge in [0.05, 0.1) is 24.3 Å². The molecule has 1 aromatic rings. The maximum Gasteiger partial charge on any atom is 0.237 e. The summed E-state index contributed by atoms with van der Waals surface area (Å²) in [5.74, 6) is -0.421. The second-order valence-corrected chi connectivity index (χ2v) is 12.3. The van der Waals surface area contributed by atoms with Crippen LogP contribution in [0.25, 0.3) is 0 Å². The quantitative estimate of drug-likeness (QED) is 0.321. The van der Waals surface area contributed by atoms with Gasteiger partial charge in [-0.15, -0.1) is 0 Å². The third kappa shape index (κ3) is 10.1. The molecule has 0 spiro atoms. The minimum Gasteiger partial charge on any atom is -0.393 e. The number of aliphatic hydroxyl groups is 1. The van der Waals surface area contributed by atoms with Gasteiger partial charge in [0.2, 0.25) is 13.3 Å². The summed E-state index contributed by atoms with van der Waals surface area (Å²) in [5.41, 5.74) is 6.85. The number of nitrogens with two attached hydrogens (primary N) is 1. The van der Waals surface area contributed by atoms with E-state index >= 15 is 0 Å². The summed E-state index contributed by atoms with van der Waals surface area (Å²) in [4.78, 5) is 35.8. The van der Waals surface area contributed by atoms with Crippen LogP contribution in [0.2, 0.25) is 0 Å². The lowest BCUT2D eigenvalue weighted by atomic mass is 9.91. The van der Waals surface area contributed by atoms with Crippen LogP contribution in [0.4, 0.5) is 0 Å². The van der Waals surface area contributed by atoms with Crippen molar-refractivity contribution in [2.45, 2.75) is 83.4 Å².